The number of imidazole rings is 1. The summed E-state index contributed by atoms with van der Waals surface area (Å²) < 4.78 is 2.00. The first-order chi connectivity index (χ1) is 12.7. The standard InChI is InChI=1S/C21H18N4O/c1-15-11-12-25-14-19(24-20(25)13-15)16-7-9-18(10-8-16)23-21(26)22-17-5-3-2-4-6-17/h2-14H,1H3,(H2,22,23,26). The predicted octanol–water partition coefficient (Wildman–Crippen LogP) is 4.95. The summed E-state index contributed by atoms with van der Waals surface area (Å²) in [5.41, 5.74) is 5.47. The fourth-order valence-electron chi connectivity index (χ4n) is 2.76. The molecule has 0 radical (unpaired) electrons. The number of anilines is 2. The fraction of sp³-hybridized carbons (Fsp3) is 0.0476. The molecule has 2 aromatic carbocycles. The Morgan fingerprint density at radius 2 is 1.62 bits per heavy atom. The zero-order valence-corrected chi connectivity index (χ0v) is 14.3. The normalized spacial score (nSPS) is 10.7. The van der Waals surface area contributed by atoms with Gasteiger partial charge in [-0.25, -0.2) is 9.78 Å². The van der Waals surface area contributed by atoms with E-state index in [1.54, 1.807) is 0 Å². The maximum Gasteiger partial charge on any atom is 0.323 e. The zero-order valence-electron chi connectivity index (χ0n) is 14.3. The third kappa shape index (κ3) is 3.42. The number of aromatic nitrogens is 2. The Labute approximate surface area is 151 Å². The van der Waals surface area contributed by atoms with E-state index < -0.39 is 0 Å². The van der Waals surface area contributed by atoms with Crippen molar-refractivity contribution in [1.29, 1.82) is 0 Å². The maximum absolute atomic E-state index is 12.0. The van der Waals surface area contributed by atoms with Crippen LogP contribution in [0, 0.1) is 6.92 Å². The number of carbonyl (C=O) groups is 1. The summed E-state index contributed by atoms with van der Waals surface area (Å²) in [5, 5.41) is 5.62. The molecule has 0 unspecified atom stereocenters. The van der Waals surface area contributed by atoms with Gasteiger partial charge in [0.1, 0.15) is 5.65 Å². The first kappa shape index (κ1) is 15.9. The minimum Gasteiger partial charge on any atom is -0.308 e. The molecule has 4 rings (SSSR count). The minimum absolute atomic E-state index is 0.271. The third-order valence-electron chi connectivity index (χ3n) is 4.09. The molecule has 0 spiro atoms. The van der Waals surface area contributed by atoms with Crippen LogP contribution in [0.5, 0.6) is 0 Å². The molecular weight excluding hydrogens is 324 g/mol. The third-order valence-corrected chi connectivity index (χ3v) is 4.09. The minimum atomic E-state index is -0.271. The van der Waals surface area contributed by atoms with Crippen LogP contribution in [0.1, 0.15) is 5.56 Å². The molecule has 5 heteroatoms. The topological polar surface area (TPSA) is 58.4 Å². The quantitative estimate of drug-likeness (QED) is 0.553. The van der Waals surface area contributed by atoms with E-state index >= 15 is 0 Å². The van der Waals surface area contributed by atoms with E-state index in [2.05, 4.69) is 28.6 Å². The largest absolute Gasteiger partial charge is 0.323 e. The Hall–Kier alpha value is -3.60. The maximum atomic E-state index is 12.0. The average Bonchev–Trinajstić information content (AvgIpc) is 3.06. The highest BCUT2D eigenvalue weighted by Crippen LogP contribution is 2.22. The van der Waals surface area contributed by atoms with Gasteiger partial charge < -0.3 is 15.0 Å². The summed E-state index contributed by atoms with van der Waals surface area (Å²) in [6.07, 6.45) is 4.00. The van der Waals surface area contributed by atoms with Gasteiger partial charge in [0.15, 0.2) is 0 Å². The summed E-state index contributed by atoms with van der Waals surface area (Å²) in [4.78, 5) is 16.7. The smallest absolute Gasteiger partial charge is 0.308 e. The van der Waals surface area contributed by atoms with E-state index in [4.69, 9.17) is 0 Å². The second-order valence-corrected chi connectivity index (χ2v) is 6.12. The van der Waals surface area contributed by atoms with E-state index in [0.29, 0.717) is 0 Å². The van der Waals surface area contributed by atoms with Crippen LogP contribution in [0.15, 0.2) is 79.1 Å². The molecule has 0 aliphatic rings. The molecule has 2 aromatic heterocycles. The lowest BCUT2D eigenvalue weighted by Gasteiger charge is -2.08. The van der Waals surface area contributed by atoms with Crippen molar-refractivity contribution in [2.75, 3.05) is 10.6 Å². The van der Waals surface area contributed by atoms with E-state index in [9.17, 15) is 4.79 Å². The molecule has 0 aliphatic heterocycles. The van der Waals surface area contributed by atoms with Gasteiger partial charge in [-0.15, -0.1) is 0 Å². The first-order valence-electron chi connectivity index (χ1n) is 8.36. The van der Waals surface area contributed by atoms with Gasteiger partial charge in [0.05, 0.1) is 5.69 Å². The summed E-state index contributed by atoms with van der Waals surface area (Å²) >= 11 is 0. The number of nitrogens with zero attached hydrogens (tertiary/aromatic N) is 2. The molecule has 0 bridgehead atoms. The number of pyridine rings is 1. The Balaban J connectivity index is 1.48. The second-order valence-electron chi connectivity index (χ2n) is 6.12. The van der Waals surface area contributed by atoms with Crippen LogP contribution in [0.2, 0.25) is 0 Å². The van der Waals surface area contributed by atoms with Crippen LogP contribution in [0.3, 0.4) is 0 Å². The monoisotopic (exact) mass is 342 g/mol. The van der Waals surface area contributed by atoms with E-state index in [-0.39, 0.29) is 6.03 Å². The molecule has 4 aromatic rings. The number of amides is 2. The molecule has 2 heterocycles. The van der Waals surface area contributed by atoms with Gasteiger partial charge in [0, 0.05) is 29.3 Å². The van der Waals surface area contributed by atoms with Crippen molar-refractivity contribution >= 4 is 23.1 Å². The Kier molecular flexibility index (Phi) is 4.11. The van der Waals surface area contributed by atoms with Gasteiger partial charge in [0.25, 0.3) is 0 Å². The first-order valence-corrected chi connectivity index (χ1v) is 8.36. The van der Waals surface area contributed by atoms with Crippen LogP contribution in [0.4, 0.5) is 16.2 Å². The van der Waals surface area contributed by atoms with Crippen LogP contribution >= 0.6 is 0 Å². The van der Waals surface area contributed by atoms with Gasteiger partial charge in [-0.2, -0.15) is 0 Å². The van der Waals surface area contributed by atoms with Crippen LogP contribution in [-0.2, 0) is 0 Å². The zero-order chi connectivity index (χ0) is 17.9. The van der Waals surface area contributed by atoms with Crippen molar-refractivity contribution in [3.63, 3.8) is 0 Å². The molecule has 26 heavy (non-hydrogen) atoms. The number of urea groups is 1. The molecule has 0 saturated heterocycles. The van der Waals surface area contributed by atoms with Crippen molar-refractivity contribution in [3.8, 4) is 11.3 Å². The second kappa shape index (κ2) is 6.72. The SMILES string of the molecule is Cc1ccn2cc(-c3ccc(NC(=O)Nc4ccccc4)cc3)nc2c1. The van der Waals surface area contributed by atoms with Gasteiger partial charge in [-0.1, -0.05) is 30.3 Å². The van der Waals surface area contributed by atoms with Gasteiger partial charge in [0.2, 0.25) is 0 Å². The van der Waals surface area contributed by atoms with Crippen molar-refractivity contribution < 1.29 is 4.79 Å². The molecule has 0 saturated carbocycles. The van der Waals surface area contributed by atoms with E-state index in [0.717, 1.165) is 28.3 Å². The lowest BCUT2D eigenvalue weighted by molar-refractivity contribution is 0.262. The van der Waals surface area contributed by atoms with Crippen molar-refractivity contribution in [1.82, 2.24) is 9.38 Å². The number of aryl methyl sites for hydroxylation is 1. The number of hydrogen-bond donors (Lipinski definition) is 2. The number of hydrogen-bond acceptors (Lipinski definition) is 2. The number of nitrogens with one attached hydrogen (secondary N) is 2. The van der Waals surface area contributed by atoms with Gasteiger partial charge in [-0.3, -0.25) is 0 Å². The molecule has 0 aliphatic carbocycles. The van der Waals surface area contributed by atoms with Crippen molar-refractivity contribution in [2.24, 2.45) is 0 Å². The molecule has 2 N–H and O–H groups in total. The Morgan fingerprint density at radius 3 is 2.35 bits per heavy atom. The molecule has 128 valence electrons. The number of fused-ring (bicyclic) bond motifs is 1. The summed E-state index contributed by atoms with van der Waals surface area (Å²) in [6.45, 7) is 2.05. The highest BCUT2D eigenvalue weighted by molar-refractivity contribution is 5.99. The molecule has 2 amide bonds. The van der Waals surface area contributed by atoms with E-state index in [1.807, 2.05) is 77.5 Å². The lowest BCUT2D eigenvalue weighted by Crippen LogP contribution is -2.19. The summed E-state index contributed by atoms with van der Waals surface area (Å²) in [6, 6.07) is 20.8. The van der Waals surface area contributed by atoms with Crippen LogP contribution in [-0.4, -0.2) is 15.4 Å². The molecule has 0 atom stereocenters. The highest BCUT2D eigenvalue weighted by atomic mass is 16.2. The van der Waals surface area contributed by atoms with Gasteiger partial charge in [-0.05, 0) is 48.9 Å². The molecule has 5 nitrogen and oxygen atoms in total. The van der Waals surface area contributed by atoms with Crippen molar-refractivity contribution in [2.45, 2.75) is 6.92 Å². The van der Waals surface area contributed by atoms with Gasteiger partial charge >= 0.3 is 6.03 Å². The summed E-state index contributed by atoms with van der Waals surface area (Å²) in [7, 11) is 0. The lowest BCUT2D eigenvalue weighted by atomic mass is 10.1. The Morgan fingerprint density at radius 1 is 0.923 bits per heavy atom. The molecule has 0 fully saturated rings. The Bertz CT molecular complexity index is 1050. The fourth-order valence-corrected chi connectivity index (χ4v) is 2.76. The van der Waals surface area contributed by atoms with Crippen molar-refractivity contribution in [3.05, 3.63) is 84.7 Å². The number of benzene rings is 2. The predicted molar refractivity (Wildman–Crippen MR) is 104 cm³/mol. The number of carbonyl (C=O) groups excluding carboxylic acids is 1. The summed E-state index contributed by atoms with van der Waals surface area (Å²) in [5.74, 6) is 0. The number of rotatable bonds is 3. The number of para-hydroxylation sites is 1. The van der Waals surface area contributed by atoms with Crippen LogP contribution in [0.25, 0.3) is 16.9 Å². The van der Waals surface area contributed by atoms with Crippen LogP contribution < -0.4 is 10.6 Å². The molecular formula is C21H18N4O. The average molecular weight is 342 g/mol. The van der Waals surface area contributed by atoms with E-state index in [1.165, 1.54) is 5.56 Å². The highest BCUT2D eigenvalue weighted by Gasteiger charge is 2.06.